The molecule has 0 aliphatic carbocycles. The summed E-state index contributed by atoms with van der Waals surface area (Å²) in [4.78, 5) is 137. The molecule has 0 spiro atoms. The number of benzene rings is 8. The first-order valence-corrected chi connectivity index (χ1v) is 38.7. The number of phenols is 3. The number of phenolic OH excluding ortho intramolecular Hbond substituents is 3. The topological polar surface area (TPSA) is 543 Å². The number of nitrogens with one attached hydrogen (secondary N) is 8. The van der Waals surface area contributed by atoms with Crippen LogP contribution in [0.3, 0.4) is 0 Å². The maximum Gasteiger partial charge on any atom is 0.330 e. The van der Waals surface area contributed by atoms with Gasteiger partial charge in [-0.25, -0.2) is 4.79 Å². The van der Waals surface area contributed by atoms with Crippen molar-refractivity contribution in [2.75, 3.05) is 13.2 Å². The van der Waals surface area contributed by atoms with Gasteiger partial charge in [0.05, 0.1) is 29.7 Å². The molecule has 18 atom stereocenters. The molecule has 8 aromatic rings. The average Bonchev–Trinajstić information content (AvgIpc) is 0.762. The minimum atomic E-state index is -2.38. The summed E-state index contributed by atoms with van der Waals surface area (Å²) in [5, 5.41) is 134. The monoisotopic (exact) mass is 1790 g/mol. The number of carboxylic acids is 1. The third-order valence-corrected chi connectivity index (χ3v) is 22.3. The van der Waals surface area contributed by atoms with Crippen LogP contribution in [-0.4, -0.2) is 191 Å². The van der Waals surface area contributed by atoms with Gasteiger partial charge in [0.1, 0.15) is 120 Å². The molecule has 35 nitrogen and oxygen atoms in total. The summed E-state index contributed by atoms with van der Waals surface area (Å²) >= 11 is 16.6. The lowest BCUT2D eigenvalue weighted by Gasteiger charge is -2.44. The first-order valence-electron chi connectivity index (χ1n) is 36.9. The van der Waals surface area contributed by atoms with Gasteiger partial charge in [-0.1, -0.05) is 77.8 Å². The summed E-state index contributed by atoms with van der Waals surface area (Å²) in [5.74, 6) is -15.8. The Balaban J connectivity index is 1.04. The Morgan fingerprint density at radius 2 is 1.14 bits per heavy atom. The van der Waals surface area contributed by atoms with Gasteiger partial charge in [0.25, 0.3) is 0 Å². The number of carbonyl (C=O) groups excluding carboxylic acids is 8. The highest BCUT2D eigenvalue weighted by Gasteiger charge is 2.51. The van der Waals surface area contributed by atoms with Gasteiger partial charge in [0.15, 0.2) is 35.3 Å². The first kappa shape index (κ1) is 84.0. The van der Waals surface area contributed by atoms with Crippen LogP contribution in [-0.2, 0) is 70.2 Å². The highest BCUT2D eigenvalue weighted by Crippen LogP contribution is 2.50. The molecule has 38 heteroatoms. The van der Waals surface area contributed by atoms with Gasteiger partial charge < -0.3 is 132 Å². The first-order chi connectivity index (χ1) is 56.8. The van der Waals surface area contributed by atoms with Crippen molar-refractivity contribution in [2.24, 2.45) is 5.73 Å². The van der Waals surface area contributed by atoms with Crippen molar-refractivity contribution in [1.82, 2.24) is 42.5 Å². The lowest BCUT2D eigenvalue weighted by atomic mass is 9.88. The number of fused-ring (bicyclic) bond motifs is 14. The number of hydrogen-bond acceptors (Lipinski definition) is 26. The third-order valence-electron chi connectivity index (χ3n) is 20.8. The number of amides is 8. The summed E-state index contributed by atoms with van der Waals surface area (Å²) in [5.41, 5.74) is 6.29. The predicted molar refractivity (Wildman–Crippen MR) is 422 cm³/mol. The Morgan fingerprint density at radius 1 is 0.563 bits per heavy atom. The molecule has 622 valence electrons. The molecule has 8 amide bonds. The van der Waals surface area contributed by atoms with E-state index in [1.807, 2.05) is 22.6 Å². The average molecular weight is 1790 g/mol. The molecule has 17 bridgehead atoms. The fourth-order valence-corrected chi connectivity index (χ4v) is 16.0. The number of aliphatic hydroxyl groups excluding tert-OH is 6. The Hall–Kier alpha value is -11.5. The van der Waals surface area contributed by atoms with Crippen molar-refractivity contribution in [3.05, 3.63) is 209 Å². The van der Waals surface area contributed by atoms with Crippen LogP contribution in [0.25, 0.3) is 11.1 Å². The molecule has 119 heavy (non-hydrogen) atoms. The van der Waals surface area contributed by atoms with Crippen LogP contribution in [0.2, 0.25) is 10.0 Å². The van der Waals surface area contributed by atoms with E-state index in [1.165, 1.54) is 79.7 Å². The van der Waals surface area contributed by atoms with Crippen molar-refractivity contribution < 1.29 is 127 Å². The summed E-state index contributed by atoms with van der Waals surface area (Å²) in [6, 6.07) is 13.5. The second-order valence-corrected chi connectivity index (χ2v) is 30.9. The van der Waals surface area contributed by atoms with Gasteiger partial charge in [-0.2, -0.15) is 0 Å². The molecule has 0 saturated carbocycles. The molecule has 8 aliphatic heterocycles. The van der Waals surface area contributed by atoms with Crippen LogP contribution in [0.4, 0.5) is 0 Å². The molecule has 8 aromatic carbocycles. The lowest BCUT2D eigenvalue weighted by molar-refractivity contribution is -0.284. The van der Waals surface area contributed by atoms with Gasteiger partial charge in [-0.3, -0.25) is 38.4 Å². The number of aliphatic hydroxyl groups is 6. The number of hydrogen-bond donors (Lipinski definition) is 19. The fourth-order valence-electron chi connectivity index (χ4n) is 14.9. The quantitative estimate of drug-likeness (QED) is 0.0826. The molecule has 2 saturated heterocycles. The van der Waals surface area contributed by atoms with Crippen LogP contribution in [0.15, 0.2) is 146 Å². The van der Waals surface area contributed by atoms with E-state index in [9.17, 15) is 70.2 Å². The van der Waals surface area contributed by atoms with Gasteiger partial charge in [0, 0.05) is 23.0 Å². The standard InChI is InChI=1S/C81H76Cl2IN9O26/c1-31-16-40(97)28-44-58(31)43-22-36(9-12-47(43)84)60-75(107)93-66(78(110)92-63(44)79(111)112)71(118-80-64(86-32(2)96)69(103)67(101)55(29-94)116-80)37-11-15-51(46(83)23-37)115-54-26-39-25-53(72(54)119-81-65(70(104)68(102)56(30-95)117-81)88-57(100)19-33-6-4-3-5-7-33)114-50-14-8-34(17-45(50)82)18-48-73(105)89-61(76(108)91-62(39)77(109)90-60)38-20-41(98)27-42(21-38)113-52-24-35(10-13-49(52)99)59(85)74(106)87-48/h3-17,20-28,48,55-56,59-71,80-81,94-95,97-99,101-104H,18-19,29-30,85H2,1-2H3,(H,86,96)(H,87,106)(H,88,100)(H,89,105)(H,90,109)(H,91,108)(H,92,110)(H,93,107)(H,111,112)/t48-,55?,56?,59-,60-,61+,62-,63+,64+,65?,66+,67-,68-,69?,70-,71-,80+,81+/m1/s1. The number of aromatic hydroxyl groups is 3. The summed E-state index contributed by atoms with van der Waals surface area (Å²) in [7, 11) is 0. The van der Waals surface area contributed by atoms with Crippen LogP contribution >= 0.6 is 45.8 Å². The van der Waals surface area contributed by atoms with Crippen molar-refractivity contribution in [2.45, 2.75) is 136 Å². The highest BCUT2D eigenvalue weighted by atomic mass is 127. The molecular weight excluding hydrogens is 1710 g/mol. The number of halogens is 3. The molecule has 20 N–H and O–H groups in total. The highest BCUT2D eigenvalue weighted by molar-refractivity contribution is 14.1. The summed E-state index contributed by atoms with van der Waals surface area (Å²) in [6.45, 7) is 0.538. The number of ether oxygens (including phenoxy) is 7. The van der Waals surface area contributed by atoms with Crippen molar-refractivity contribution in [1.29, 1.82) is 0 Å². The van der Waals surface area contributed by atoms with E-state index in [0.717, 1.165) is 49.4 Å². The Bertz CT molecular complexity index is 5380. The van der Waals surface area contributed by atoms with Crippen LogP contribution in [0.1, 0.15) is 93.3 Å². The molecule has 16 rings (SSSR count). The van der Waals surface area contributed by atoms with Gasteiger partial charge in [-0.15, -0.1) is 0 Å². The lowest BCUT2D eigenvalue weighted by Crippen LogP contribution is -2.65. The SMILES string of the molecule is CC(=O)N[C@H]1C(O)[C@H](O)C(CO)O[C@H]1O[C@@H]1c2ccc(c(Cl)c2)Oc2cc3cc(c2O[C@@H]2OC(CO)[C@@H](O)[C@H](O)C2NC(=O)Cc2ccccc2)Oc2ccc(cc2Cl)C[C@H]2NC(=O)[C@H](N)c4ccc(O)c(c4)Oc4cc(O)cc(c4)[C@H](NC2=O)C(=O)N[C@H]3C(=O)N[C@H]2C(=O)N[C@@H]1C(=O)N[C@H](C(=O)O)c1cc(O)cc(C)c1-c1cc2ccc1I. The van der Waals surface area contributed by atoms with Crippen molar-refractivity contribution >= 4 is 99.0 Å². The largest absolute Gasteiger partial charge is 0.508 e. The summed E-state index contributed by atoms with van der Waals surface area (Å²) in [6.07, 6.45) is -18.4. The van der Waals surface area contributed by atoms with E-state index in [-0.39, 0.29) is 78.8 Å². The molecule has 2 fully saturated rings. The normalized spacial score (nSPS) is 26.8. The van der Waals surface area contributed by atoms with Gasteiger partial charge in [-0.05, 0) is 176 Å². The predicted octanol–water partition coefficient (Wildman–Crippen LogP) is 3.29. The summed E-state index contributed by atoms with van der Waals surface area (Å²) < 4.78 is 45.9. The number of carbonyl (C=O) groups is 9. The second-order valence-electron chi connectivity index (χ2n) is 29.0. The van der Waals surface area contributed by atoms with E-state index in [1.54, 1.807) is 30.3 Å². The van der Waals surface area contributed by atoms with Gasteiger partial charge in [0.2, 0.25) is 59.3 Å². The zero-order valence-corrected chi connectivity index (χ0v) is 66.0. The minimum absolute atomic E-state index is 0.0662. The Morgan fingerprint density at radius 3 is 1.78 bits per heavy atom. The molecule has 0 radical (unpaired) electrons. The maximum atomic E-state index is 16.8. The Labute approximate surface area is 698 Å². The molecule has 8 heterocycles. The van der Waals surface area contributed by atoms with Crippen LogP contribution < -0.4 is 67.2 Å². The number of nitrogens with two attached hydrogens (primary N) is 1. The van der Waals surface area contributed by atoms with E-state index in [0.29, 0.717) is 9.13 Å². The Kier molecular flexibility index (Phi) is 24.6. The third kappa shape index (κ3) is 17.7. The molecule has 0 aromatic heterocycles. The van der Waals surface area contributed by atoms with E-state index in [4.69, 9.17) is 62.1 Å². The van der Waals surface area contributed by atoms with Crippen LogP contribution in [0.5, 0.6) is 57.5 Å². The molecule has 8 aliphatic rings. The van der Waals surface area contributed by atoms with Gasteiger partial charge >= 0.3 is 5.97 Å². The molecule has 4 unspecified atom stereocenters. The smallest absolute Gasteiger partial charge is 0.330 e. The van der Waals surface area contributed by atoms with Crippen molar-refractivity contribution in [3.63, 3.8) is 0 Å². The minimum Gasteiger partial charge on any atom is -0.508 e. The van der Waals surface area contributed by atoms with E-state index < -0.39 is 233 Å². The van der Waals surface area contributed by atoms with E-state index >= 15 is 24.0 Å². The van der Waals surface area contributed by atoms with Crippen LogP contribution in [0, 0.1) is 10.5 Å². The zero-order chi connectivity index (χ0) is 84.9. The van der Waals surface area contributed by atoms with Crippen molar-refractivity contribution in [3.8, 4) is 68.6 Å². The fraction of sp³-hybridized carbons (Fsp3) is 0.296. The maximum absolute atomic E-state index is 16.8. The molecular formula is C81H76Cl2IN9O26. The number of rotatable bonds is 11. The number of aryl methyl sites for hydroxylation is 1. The number of carboxylic acid groups (broad SMARTS) is 1. The number of aliphatic carboxylic acids is 1. The zero-order valence-electron chi connectivity index (χ0n) is 62.3. The second kappa shape index (κ2) is 34.8. The van der Waals surface area contributed by atoms with E-state index in [2.05, 4.69) is 42.5 Å².